The molecule has 1 aromatic heterocycles. The van der Waals surface area contributed by atoms with Crippen LogP contribution in [-0.4, -0.2) is 23.6 Å². The van der Waals surface area contributed by atoms with Gasteiger partial charge in [0, 0.05) is 34.4 Å². The van der Waals surface area contributed by atoms with Gasteiger partial charge in [-0.15, -0.1) is 0 Å². The predicted molar refractivity (Wildman–Crippen MR) is 141 cm³/mol. The maximum atomic E-state index is 6.12. The molecule has 1 fully saturated rings. The third kappa shape index (κ3) is 5.88. The summed E-state index contributed by atoms with van der Waals surface area (Å²) in [4.78, 5) is 4.45. The molecule has 0 spiro atoms. The minimum atomic E-state index is 0.497. The minimum Gasteiger partial charge on any atom is -0.457 e. The molecule has 1 aliphatic carbocycles. The van der Waals surface area contributed by atoms with E-state index in [1.54, 1.807) is 0 Å². The van der Waals surface area contributed by atoms with E-state index in [9.17, 15) is 0 Å². The zero-order valence-electron chi connectivity index (χ0n) is 19.2. The number of ether oxygens (including phenoxy) is 1. The molecular formula is C29H30ClN3O. The number of pyridine rings is 1. The average Bonchev–Trinajstić information content (AvgIpc) is 2.87. The average molecular weight is 472 g/mol. The van der Waals surface area contributed by atoms with E-state index in [0.717, 1.165) is 46.1 Å². The van der Waals surface area contributed by atoms with Gasteiger partial charge in [0.25, 0.3) is 0 Å². The van der Waals surface area contributed by atoms with Gasteiger partial charge in [-0.1, -0.05) is 41.9 Å². The molecule has 0 bridgehead atoms. The number of nitrogens with zero attached hydrogens (tertiary/aromatic N) is 1. The number of benzene rings is 3. The lowest BCUT2D eigenvalue weighted by atomic mass is 9.90. The number of aromatic nitrogens is 1. The highest BCUT2D eigenvalue weighted by Crippen LogP contribution is 2.28. The molecule has 0 amide bonds. The van der Waals surface area contributed by atoms with Crippen LogP contribution in [0.1, 0.15) is 31.2 Å². The van der Waals surface area contributed by atoms with Crippen LogP contribution in [0.4, 0.5) is 5.69 Å². The molecule has 174 valence electrons. The van der Waals surface area contributed by atoms with Gasteiger partial charge in [-0.05, 0) is 92.7 Å². The zero-order chi connectivity index (χ0) is 23.2. The fourth-order valence-electron chi connectivity index (χ4n) is 4.68. The summed E-state index contributed by atoms with van der Waals surface area (Å²) in [6, 6.07) is 27.4. The Morgan fingerprint density at radius 1 is 0.824 bits per heavy atom. The van der Waals surface area contributed by atoms with Crippen LogP contribution in [0.2, 0.25) is 5.02 Å². The van der Waals surface area contributed by atoms with E-state index in [-0.39, 0.29) is 0 Å². The van der Waals surface area contributed by atoms with Gasteiger partial charge in [0.1, 0.15) is 11.5 Å². The maximum absolute atomic E-state index is 6.12. The highest BCUT2D eigenvalue weighted by atomic mass is 35.5. The van der Waals surface area contributed by atoms with Crippen molar-refractivity contribution in [3.8, 4) is 11.5 Å². The van der Waals surface area contributed by atoms with Crippen LogP contribution in [0.5, 0.6) is 11.5 Å². The maximum Gasteiger partial charge on any atom is 0.127 e. The molecule has 2 N–H and O–H groups in total. The summed E-state index contributed by atoms with van der Waals surface area (Å²) in [5.41, 5.74) is 3.42. The van der Waals surface area contributed by atoms with E-state index in [2.05, 4.69) is 52.0 Å². The van der Waals surface area contributed by atoms with Gasteiger partial charge in [-0.25, -0.2) is 0 Å². The highest BCUT2D eigenvalue weighted by molar-refractivity contribution is 6.31. The second kappa shape index (κ2) is 10.9. The summed E-state index contributed by atoms with van der Waals surface area (Å²) in [6.45, 7) is 0.997. The Hall–Kier alpha value is -3.08. The monoisotopic (exact) mass is 471 g/mol. The standard InChI is InChI=1S/C29H30ClN3O/c30-22-8-15-27-28(17-19-32-29(27)20-22)33-24-11-9-23(10-12-24)31-18-16-21-6-13-26(14-7-21)34-25-4-2-1-3-5-25/h1-8,13-15,17,19-20,23-24,31H,9-12,16,18H2,(H,32,33). The Labute approximate surface area is 206 Å². The third-order valence-electron chi connectivity index (χ3n) is 6.54. The SMILES string of the molecule is Clc1ccc2c(NC3CCC(NCCc4ccc(Oc5ccccc5)cc4)CC3)ccnc2c1. The molecule has 0 unspecified atom stereocenters. The first kappa shape index (κ1) is 22.7. The summed E-state index contributed by atoms with van der Waals surface area (Å²) >= 11 is 6.12. The number of anilines is 1. The highest BCUT2D eigenvalue weighted by Gasteiger charge is 2.21. The molecule has 1 saturated carbocycles. The Morgan fingerprint density at radius 2 is 1.56 bits per heavy atom. The minimum absolute atomic E-state index is 0.497. The van der Waals surface area contributed by atoms with Crippen LogP contribution in [0.15, 0.2) is 85.1 Å². The van der Waals surface area contributed by atoms with Crippen molar-refractivity contribution in [3.63, 3.8) is 0 Å². The van der Waals surface area contributed by atoms with Crippen LogP contribution in [0.3, 0.4) is 0 Å². The van der Waals surface area contributed by atoms with Crippen molar-refractivity contribution in [1.29, 1.82) is 0 Å². The van der Waals surface area contributed by atoms with E-state index >= 15 is 0 Å². The molecule has 5 rings (SSSR count). The Morgan fingerprint density at radius 3 is 2.35 bits per heavy atom. The van der Waals surface area contributed by atoms with Crippen molar-refractivity contribution in [2.24, 2.45) is 0 Å². The molecule has 1 aliphatic rings. The lowest BCUT2D eigenvalue weighted by Crippen LogP contribution is -2.37. The van der Waals surface area contributed by atoms with Crippen molar-refractivity contribution < 1.29 is 4.74 Å². The number of para-hydroxylation sites is 1. The molecular weight excluding hydrogens is 442 g/mol. The van der Waals surface area contributed by atoms with E-state index in [0.29, 0.717) is 12.1 Å². The molecule has 4 aromatic rings. The molecule has 4 nitrogen and oxygen atoms in total. The largest absolute Gasteiger partial charge is 0.457 e. The molecule has 1 heterocycles. The first-order valence-electron chi connectivity index (χ1n) is 12.1. The number of halogens is 1. The normalized spacial score (nSPS) is 18.0. The summed E-state index contributed by atoms with van der Waals surface area (Å²) in [5.74, 6) is 1.74. The van der Waals surface area contributed by atoms with Crippen molar-refractivity contribution >= 4 is 28.2 Å². The Balaban J connectivity index is 1.05. The fourth-order valence-corrected chi connectivity index (χ4v) is 4.84. The zero-order valence-corrected chi connectivity index (χ0v) is 20.0. The van der Waals surface area contributed by atoms with Gasteiger partial charge >= 0.3 is 0 Å². The van der Waals surface area contributed by atoms with E-state index < -0.39 is 0 Å². The van der Waals surface area contributed by atoms with Crippen LogP contribution in [-0.2, 0) is 6.42 Å². The van der Waals surface area contributed by atoms with Gasteiger partial charge in [0.05, 0.1) is 5.52 Å². The van der Waals surface area contributed by atoms with Crippen molar-refractivity contribution in [3.05, 3.63) is 95.6 Å². The molecule has 34 heavy (non-hydrogen) atoms. The predicted octanol–water partition coefficient (Wildman–Crippen LogP) is 7.24. The van der Waals surface area contributed by atoms with Crippen LogP contribution < -0.4 is 15.4 Å². The molecule has 3 aromatic carbocycles. The number of rotatable bonds is 8. The lowest BCUT2D eigenvalue weighted by Gasteiger charge is -2.30. The molecule has 0 aliphatic heterocycles. The van der Waals surface area contributed by atoms with Crippen LogP contribution in [0.25, 0.3) is 10.9 Å². The summed E-state index contributed by atoms with van der Waals surface area (Å²) in [7, 11) is 0. The summed E-state index contributed by atoms with van der Waals surface area (Å²) in [5, 5.41) is 9.36. The van der Waals surface area contributed by atoms with Crippen molar-refractivity contribution in [2.75, 3.05) is 11.9 Å². The van der Waals surface area contributed by atoms with Gasteiger partial charge < -0.3 is 15.4 Å². The van der Waals surface area contributed by atoms with Gasteiger partial charge in [0.2, 0.25) is 0 Å². The molecule has 0 radical (unpaired) electrons. The topological polar surface area (TPSA) is 46.2 Å². The van der Waals surface area contributed by atoms with Gasteiger partial charge in [-0.2, -0.15) is 0 Å². The molecule has 0 saturated heterocycles. The van der Waals surface area contributed by atoms with Crippen molar-refractivity contribution in [2.45, 2.75) is 44.2 Å². The first-order valence-corrected chi connectivity index (χ1v) is 12.5. The smallest absolute Gasteiger partial charge is 0.127 e. The third-order valence-corrected chi connectivity index (χ3v) is 6.78. The number of hydrogen-bond donors (Lipinski definition) is 2. The van der Waals surface area contributed by atoms with E-state index in [1.807, 2.05) is 48.7 Å². The number of nitrogens with one attached hydrogen (secondary N) is 2. The van der Waals surface area contributed by atoms with Crippen LogP contribution in [0, 0.1) is 0 Å². The lowest BCUT2D eigenvalue weighted by molar-refractivity contribution is 0.356. The second-order valence-corrected chi connectivity index (χ2v) is 9.41. The molecule has 0 atom stereocenters. The van der Waals surface area contributed by atoms with Crippen molar-refractivity contribution in [1.82, 2.24) is 10.3 Å². The summed E-state index contributed by atoms with van der Waals surface area (Å²) < 4.78 is 5.88. The quantitative estimate of drug-likeness (QED) is 0.284. The van der Waals surface area contributed by atoms with E-state index in [1.165, 1.54) is 31.2 Å². The van der Waals surface area contributed by atoms with Crippen LogP contribution >= 0.6 is 11.6 Å². The number of fused-ring (bicyclic) bond motifs is 1. The fraction of sp³-hybridized carbons (Fsp3) is 0.276. The Bertz CT molecular complexity index is 1210. The first-order chi connectivity index (χ1) is 16.7. The molecule has 5 heteroatoms. The Kier molecular flexibility index (Phi) is 7.28. The summed E-state index contributed by atoms with van der Waals surface area (Å²) in [6.07, 6.45) is 7.60. The second-order valence-electron chi connectivity index (χ2n) is 8.98. The van der Waals surface area contributed by atoms with E-state index in [4.69, 9.17) is 16.3 Å². The number of hydrogen-bond acceptors (Lipinski definition) is 4. The van der Waals surface area contributed by atoms with Gasteiger partial charge in [0.15, 0.2) is 0 Å². The van der Waals surface area contributed by atoms with Gasteiger partial charge in [-0.3, -0.25) is 4.98 Å².